The highest BCUT2D eigenvalue weighted by atomic mass is 32.1. The van der Waals surface area contributed by atoms with E-state index in [-0.39, 0.29) is 0 Å². The number of benzene rings is 4. The van der Waals surface area contributed by atoms with Crippen LogP contribution in [0.4, 0.5) is 0 Å². The Kier molecular flexibility index (Phi) is 10.0. The minimum atomic E-state index is 1.09. The van der Waals surface area contributed by atoms with E-state index in [0.29, 0.717) is 0 Å². The zero-order valence-electron chi connectivity index (χ0n) is 27.8. The smallest absolute Gasteiger partial charge is 0.0430 e. The van der Waals surface area contributed by atoms with Crippen molar-refractivity contribution in [1.82, 2.24) is 0 Å². The number of aryl methyl sites for hydroxylation is 6. The molecule has 0 atom stereocenters. The molecule has 0 N–H and O–H groups in total. The summed E-state index contributed by atoms with van der Waals surface area (Å²) in [5, 5.41) is 2.94. The molecule has 46 heavy (non-hydrogen) atoms. The Morgan fingerprint density at radius 2 is 0.848 bits per heavy atom. The summed E-state index contributed by atoms with van der Waals surface area (Å²) in [4.78, 5) is 3.14. The van der Waals surface area contributed by atoms with Gasteiger partial charge in [0, 0.05) is 30.3 Å². The number of unbranched alkanes of at least 4 members (excludes halogenated alkanes) is 6. The minimum absolute atomic E-state index is 1.09. The van der Waals surface area contributed by atoms with Crippen LogP contribution in [0.5, 0.6) is 0 Å². The first kappa shape index (κ1) is 31.4. The lowest BCUT2D eigenvalue weighted by atomic mass is 9.73. The highest BCUT2D eigenvalue weighted by Gasteiger charge is 2.34. The van der Waals surface area contributed by atoms with Crippen molar-refractivity contribution in [2.45, 2.75) is 104 Å². The third-order valence-corrected chi connectivity index (χ3v) is 12.4. The highest BCUT2D eigenvalue weighted by Crippen LogP contribution is 2.59. The van der Waals surface area contributed by atoms with Gasteiger partial charge in [0.25, 0.3) is 0 Å². The van der Waals surface area contributed by atoms with E-state index in [2.05, 4.69) is 121 Å². The normalized spacial score (nSPS) is 12.0. The molecule has 0 amide bonds. The molecule has 2 heteroatoms. The van der Waals surface area contributed by atoms with Gasteiger partial charge >= 0.3 is 0 Å². The standard InChI is InChI=1S/C44H48S2/c1-3-5-7-15-21-37-29-35-27-33(25-23-31-17-11-9-12-18-31)39-41(43(35)45-37)40-34(26-24-32-19-13-10-14-20-32)28-36-30-38(22-16-8-6-4-2)46-44(36)42(39)40/h9-14,17-20,27-30H,3-8,15-16,21-26H2,1-2H3. The fourth-order valence-corrected chi connectivity index (χ4v) is 9.99. The number of hydrogen-bond donors (Lipinski definition) is 0. The topological polar surface area (TPSA) is 0 Å². The summed E-state index contributed by atoms with van der Waals surface area (Å²) >= 11 is 4.17. The molecule has 0 spiro atoms. The molecule has 0 fully saturated rings. The summed E-state index contributed by atoms with van der Waals surface area (Å²) in [5.41, 5.74) is 12.3. The zero-order chi connectivity index (χ0) is 31.3. The van der Waals surface area contributed by atoms with Crippen LogP contribution < -0.4 is 0 Å². The van der Waals surface area contributed by atoms with Crippen LogP contribution in [0.1, 0.15) is 97.2 Å². The van der Waals surface area contributed by atoms with Crippen molar-refractivity contribution >= 4 is 42.8 Å². The van der Waals surface area contributed by atoms with E-state index in [4.69, 9.17) is 0 Å². The molecule has 4 aromatic carbocycles. The van der Waals surface area contributed by atoms with E-state index < -0.39 is 0 Å². The quantitative estimate of drug-likeness (QED) is 0.0922. The lowest BCUT2D eigenvalue weighted by molar-refractivity contribution is 0.670. The van der Waals surface area contributed by atoms with Gasteiger partial charge in [0.2, 0.25) is 0 Å². The van der Waals surface area contributed by atoms with Gasteiger partial charge in [-0.3, -0.25) is 0 Å². The van der Waals surface area contributed by atoms with Crippen LogP contribution in [0.2, 0.25) is 0 Å². The summed E-state index contributed by atoms with van der Waals surface area (Å²) in [6, 6.07) is 32.4. The van der Waals surface area contributed by atoms with Crippen LogP contribution in [0, 0.1) is 0 Å². The Balaban J connectivity index is 1.32. The van der Waals surface area contributed by atoms with Gasteiger partial charge in [-0.2, -0.15) is 0 Å². The number of fused-ring (bicyclic) bond motifs is 8. The maximum absolute atomic E-state index is 2.58. The summed E-state index contributed by atoms with van der Waals surface area (Å²) in [5.74, 6) is 0. The van der Waals surface area contributed by atoms with Crippen molar-refractivity contribution in [2.75, 3.05) is 0 Å². The molecule has 2 heterocycles. The summed E-state index contributed by atoms with van der Waals surface area (Å²) in [7, 11) is 0. The molecule has 1 aliphatic rings. The molecule has 0 radical (unpaired) electrons. The summed E-state index contributed by atoms with van der Waals surface area (Å²) in [6.07, 6.45) is 17.4. The average Bonchev–Trinajstić information content (AvgIpc) is 3.67. The molecule has 0 saturated carbocycles. The van der Waals surface area contributed by atoms with Crippen molar-refractivity contribution < 1.29 is 0 Å². The van der Waals surface area contributed by atoms with Crippen molar-refractivity contribution in [3.05, 3.63) is 117 Å². The Labute approximate surface area is 284 Å². The first-order valence-electron chi connectivity index (χ1n) is 18.0. The molecular weight excluding hydrogens is 593 g/mol. The predicted octanol–water partition coefficient (Wildman–Crippen LogP) is 13.6. The Hall–Kier alpha value is -3.20. The second kappa shape index (κ2) is 14.7. The maximum atomic E-state index is 2.58. The monoisotopic (exact) mass is 640 g/mol. The van der Waals surface area contributed by atoms with Gasteiger partial charge in [-0.1, -0.05) is 113 Å². The lowest BCUT2D eigenvalue weighted by Gasteiger charge is -2.31. The molecule has 2 aromatic heterocycles. The third kappa shape index (κ3) is 6.62. The van der Waals surface area contributed by atoms with Crippen LogP contribution in [-0.2, 0) is 38.5 Å². The molecule has 0 saturated heterocycles. The van der Waals surface area contributed by atoms with E-state index in [0.717, 1.165) is 25.7 Å². The third-order valence-electron chi connectivity index (χ3n) is 9.98. The number of hydrogen-bond acceptors (Lipinski definition) is 2. The van der Waals surface area contributed by atoms with Gasteiger partial charge in [0.1, 0.15) is 0 Å². The molecule has 7 rings (SSSR count). The van der Waals surface area contributed by atoms with E-state index in [9.17, 15) is 0 Å². The number of rotatable bonds is 16. The molecule has 1 aliphatic carbocycles. The second-order valence-electron chi connectivity index (χ2n) is 13.4. The van der Waals surface area contributed by atoms with Crippen molar-refractivity contribution in [3.63, 3.8) is 0 Å². The van der Waals surface area contributed by atoms with Crippen LogP contribution in [0.15, 0.2) is 84.9 Å². The van der Waals surface area contributed by atoms with Crippen molar-refractivity contribution in [3.8, 4) is 22.3 Å². The van der Waals surface area contributed by atoms with Crippen molar-refractivity contribution in [1.29, 1.82) is 0 Å². The SMILES string of the molecule is CCCCCCc1cc2cc(CCc3ccccc3)c3c(c2s1)-c1c(CCc2ccccc2)cc2cc(CCCCCC)sc2c1-3. The first-order valence-corrected chi connectivity index (χ1v) is 19.6. The van der Waals surface area contributed by atoms with Gasteiger partial charge < -0.3 is 0 Å². The van der Waals surface area contributed by atoms with Crippen LogP contribution in [0.25, 0.3) is 42.4 Å². The largest absolute Gasteiger partial charge is 0.140 e. The molecule has 0 bridgehead atoms. The minimum Gasteiger partial charge on any atom is -0.140 e. The van der Waals surface area contributed by atoms with E-state index in [1.54, 1.807) is 43.1 Å². The zero-order valence-corrected chi connectivity index (χ0v) is 29.4. The molecule has 6 aromatic rings. The molecule has 0 unspecified atom stereocenters. The van der Waals surface area contributed by atoms with E-state index in [1.807, 2.05) is 0 Å². The Bertz CT molecular complexity index is 1750. The maximum Gasteiger partial charge on any atom is 0.0430 e. The fraction of sp³-hybridized carbons (Fsp3) is 0.364. The molecule has 236 valence electrons. The second-order valence-corrected chi connectivity index (χ2v) is 15.7. The molecule has 0 nitrogen and oxygen atoms in total. The lowest BCUT2D eigenvalue weighted by Crippen LogP contribution is -2.09. The Morgan fingerprint density at radius 3 is 1.26 bits per heavy atom. The highest BCUT2D eigenvalue weighted by molar-refractivity contribution is 7.20. The van der Waals surface area contributed by atoms with Crippen LogP contribution >= 0.6 is 22.7 Å². The predicted molar refractivity (Wildman–Crippen MR) is 205 cm³/mol. The van der Waals surface area contributed by atoms with E-state index >= 15 is 0 Å². The first-order chi connectivity index (χ1) is 22.7. The van der Waals surface area contributed by atoms with E-state index in [1.165, 1.54) is 95.5 Å². The van der Waals surface area contributed by atoms with Gasteiger partial charge in [-0.25, -0.2) is 0 Å². The van der Waals surface area contributed by atoms with Gasteiger partial charge in [-0.05, 0) is 120 Å². The summed E-state index contributed by atoms with van der Waals surface area (Å²) < 4.78 is 3.07. The fourth-order valence-electron chi connectivity index (χ4n) is 7.52. The number of thiophene rings is 2. The van der Waals surface area contributed by atoms with Crippen LogP contribution in [-0.4, -0.2) is 0 Å². The molecular formula is C44H48S2. The van der Waals surface area contributed by atoms with Gasteiger partial charge in [-0.15, -0.1) is 22.7 Å². The molecule has 0 aliphatic heterocycles. The van der Waals surface area contributed by atoms with Crippen LogP contribution in [0.3, 0.4) is 0 Å². The summed E-state index contributed by atoms with van der Waals surface area (Å²) in [6.45, 7) is 4.62. The van der Waals surface area contributed by atoms with Gasteiger partial charge in [0.15, 0.2) is 0 Å². The van der Waals surface area contributed by atoms with Crippen molar-refractivity contribution in [2.24, 2.45) is 0 Å². The average molecular weight is 641 g/mol. The Morgan fingerprint density at radius 1 is 0.413 bits per heavy atom. The van der Waals surface area contributed by atoms with Gasteiger partial charge in [0.05, 0.1) is 0 Å².